The van der Waals surface area contributed by atoms with Crippen molar-refractivity contribution in [1.82, 2.24) is 9.80 Å². The van der Waals surface area contributed by atoms with Gasteiger partial charge in [-0.2, -0.15) is 0 Å². The van der Waals surface area contributed by atoms with Crippen LogP contribution in [-0.2, 0) is 19.2 Å². The first kappa shape index (κ1) is 17.6. The van der Waals surface area contributed by atoms with Crippen LogP contribution in [0.1, 0.15) is 58.3 Å². The fraction of sp³-hybridized carbons (Fsp3) is 0.765. The minimum Gasteiger partial charge on any atom is -0.333 e. The number of amides is 2. The highest BCUT2D eigenvalue weighted by Gasteiger charge is 2.31. The SMILES string of the molecule is CC(=O)[C@H]1CCCN1C(=O)CCCCC(=O)N1CCC[C@@H]1C=O. The van der Waals surface area contributed by atoms with Gasteiger partial charge in [0.2, 0.25) is 11.8 Å². The first-order valence-corrected chi connectivity index (χ1v) is 8.59. The fourth-order valence-corrected chi connectivity index (χ4v) is 3.57. The Hall–Kier alpha value is -1.72. The third-order valence-electron chi connectivity index (χ3n) is 4.85. The van der Waals surface area contributed by atoms with Crippen LogP contribution in [0.2, 0.25) is 0 Å². The largest absolute Gasteiger partial charge is 0.333 e. The first-order valence-electron chi connectivity index (χ1n) is 8.59. The van der Waals surface area contributed by atoms with Gasteiger partial charge in [-0.25, -0.2) is 0 Å². The molecular weight excluding hydrogens is 296 g/mol. The van der Waals surface area contributed by atoms with Crippen molar-refractivity contribution in [2.45, 2.75) is 70.4 Å². The van der Waals surface area contributed by atoms with Crippen molar-refractivity contribution in [2.24, 2.45) is 0 Å². The third kappa shape index (κ3) is 4.39. The molecule has 6 nitrogen and oxygen atoms in total. The number of carbonyl (C=O) groups is 4. The van der Waals surface area contributed by atoms with Gasteiger partial charge in [0, 0.05) is 25.9 Å². The van der Waals surface area contributed by atoms with Crippen molar-refractivity contribution < 1.29 is 19.2 Å². The summed E-state index contributed by atoms with van der Waals surface area (Å²) in [6.45, 7) is 2.86. The van der Waals surface area contributed by atoms with Crippen molar-refractivity contribution in [3.8, 4) is 0 Å². The minimum absolute atomic E-state index is 0.00911. The highest BCUT2D eigenvalue weighted by Crippen LogP contribution is 2.21. The zero-order valence-electron chi connectivity index (χ0n) is 13.8. The number of nitrogens with zero attached hydrogens (tertiary/aromatic N) is 2. The van der Waals surface area contributed by atoms with Crippen LogP contribution in [-0.4, -0.2) is 58.9 Å². The number of unbranched alkanes of at least 4 members (excludes halogenated alkanes) is 1. The zero-order valence-corrected chi connectivity index (χ0v) is 13.8. The molecule has 6 heteroatoms. The minimum atomic E-state index is -0.259. The van der Waals surface area contributed by atoms with Gasteiger partial charge >= 0.3 is 0 Å². The van der Waals surface area contributed by atoms with Gasteiger partial charge in [0.25, 0.3) is 0 Å². The van der Waals surface area contributed by atoms with Crippen LogP contribution in [0.5, 0.6) is 0 Å². The molecular formula is C17H26N2O4. The highest BCUT2D eigenvalue weighted by atomic mass is 16.2. The number of aldehydes is 1. The molecule has 2 heterocycles. The molecule has 0 spiro atoms. The lowest BCUT2D eigenvalue weighted by Crippen LogP contribution is -2.39. The molecule has 0 radical (unpaired) electrons. The first-order chi connectivity index (χ1) is 11.0. The van der Waals surface area contributed by atoms with Gasteiger partial charge < -0.3 is 14.6 Å². The average molecular weight is 322 g/mol. The van der Waals surface area contributed by atoms with Crippen LogP contribution in [0.3, 0.4) is 0 Å². The molecule has 0 saturated carbocycles. The Morgan fingerprint density at radius 3 is 2.13 bits per heavy atom. The molecule has 2 amide bonds. The number of likely N-dealkylation sites (tertiary alicyclic amines) is 2. The fourth-order valence-electron chi connectivity index (χ4n) is 3.57. The Balaban J connectivity index is 1.69. The number of Topliss-reactive ketones (excluding diaryl/α,β-unsaturated/α-hetero) is 1. The molecule has 0 aromatic carbocycles. The molecule has 23 heavy (non-hydrogen) atoms. The molecule has 2 rings (SSSR count). The van der Waals surface area contributed by atoms with E-state index in [1.807, 2.05) is 0 Å². The molecule has 128 valence electrons. The number of ketones is 1. The Morgan fingerprint density at radius 2 is 1.52 bits per heavy atom. The van der Waals surface area contributed by atoms with Gasteiger partial charge in [0.1, 0.15) is 6.29 Å². The van der Waals surface area contributed by atoms with Crippen LogP contribution in [0.25, 0.3) is 0 Å². The second-order valence-corrected chi connectivity index (χ2v) is 6.50. The summed E-state index contributed by atoms with van der Waals surface area (Å²) in [4.78, 5) is 50.0. The standard InChI is InChI=1S/C17H26N2O4/c1-13(21)15-7-5-11-19(15)17(23)9-3-2-8-16(22)18-10-4-6-14(18)12-20/h12,14-15H,2-11H2,1H3/t14-,15-/m1/s1. The molecule has 0 aromatic rings. The predicted octanol–water partition coefficient (Wildman–Crippen LogP) is 1.32. The Bertz CT molecular complexity index is 477. The second-order valence-electron chi connectivity index (χ2n) is 6.50. The van der Waals surface area contributed by atoms with Gasteiger partial charge in [-0.1, -0.05) is 0 Å². The molecule has 0 aromatic heterocycles. The van der Waals surface area contributed by atoms with E-state index in [9.17, 15) is 19.2 Å². The smallest absolute Gasteiger partial charge is 0.223 e. The average Bonchev–Trinajstić information content (AvgIpc) is 3.18. The van der Waals surface area contributed by atoms with Crippen LogP contribution < -0.4 is 0 Å². The van der Waals surface area contributed by atoms with Gasteiger partial charge in [0.15, 0.2) is 5.78 Å². The van der Waals surface area contributed by atoms with E-state index in [0.717, 1.165) is 32.0 Å². The van der Waals surface area contributed by atoms with E-state index in [1.54, 1.807) is 9.80 Å². The number of rotatable bonds is 7. The van der Waals surface area contributed by atoms with E-state index >= 15 is 0 Å². The van der Waals surface area contributed by atoms with Crippen molar-refractivity contribution in [2.75, 3.05) is 13.1 Å². The van der Waals surface area contributed by atoms with Crippen molar-refractivity contribution in [1.29, 1.82) is 0 Å². The summed E-state index contributed by atoms with van der Waals surface area (Å²) in [5, 5.41) is 0. The number of hydrogen-bond donors (Lipinski definition) is 0. The number of carbonyl (C=O) groups excluding carboxylic acids is 4. The molecule has 2 saturated heterocycles. The Morgan fingerprint density at radius 1 is 0.957 bits per heavy atom. The molecule has 2 fully saturated rings. The predicted molar refractivity (Wildman–Crippen MR) is 84.7 cm³/mol. The van der Waals surface area contributed by atoms with Crippen LogP contribution in [0, 0.1) is 0 Å². The summed E-state index contributed by atoms with van der Waals surface area (Å²) in [5.41, 5.74) is 0. The van der Waals surface area contributed by atoms with E-state index < -0.39 is 0 Å². The summed E-state index contributed by atoms with van der Waals surface area (Å²) < 4.78 is 0. The van der Waals surface area contributed by atoms with Crippen LogP contribution in [0.4, 0.5) is 0 Å². The van der Waals surface area contributed by atoms with Crippen LogP contribution >= 0.6 is 0 Å². The van der Waals surface area contributed by atoms with Gasteiger partial charge in [-0.3, -0.25) is 14.4 Å². The van der Waals surface area contributed by atoms with Gasteiger partial charge in [-0.05, 0) is 45.4 Å². The normalized spacial score (nSPS) is 24.0. The van der Waals surface area contributed by atoms with E-state index in [0.29, 0.717) is 38.8 Å². The maximum absolute atomic E-state index is 12.2. The maximum Gasteiger partial charge on any atom is 0.223 e. The molecule has 0 N–H and O–H groups in total. The lowest BCUT2D eigenvalue weighted by atomic mass is 10.1. The molecule has 0 unspecified atom stereocenters. The van der Waals surface area contributed by atoms with Crippen molar-refractivity contribution in [3.63, 3.8) is 0 Å². The van der Waals surface area contributed by atoms with Crippen molar-refractivity contribution >= 4 is 23.9 Å². The van der Waals surface area contributed by atoms with Gasteiger partial charge in [-0.15, -0.1) is 0 Å². The molecule has 2 aliphatic heterocycles. The maximum atomic E-state index is 12.2. The highest BCUT2D eigenvalue weighted by molar-refractivity contribution is 5.88. The van der Waals surface area contributed by atoms with Crippen molar-refractivity contribution in [3.05, 3.63) is 0 Å². The molecule has 2 aliphatic rings. The summed E-state index contributed by atoms with van der Waals surface area (Å²) in [7, 11) is 0. The van der Waals surface area contributed by atoms with E-state index in [2.05, 4.69) is 0 Å². The summed E-state index contributed by atoms with van der Waals surface area (Å²) in [5.74, 6) is 0.0805. The Kier molecular flexibility index (Phi) is 6.30. The summed E-state index contributed by atoms with van der Waals surface area (Å²) in [6.07, 6.45) is 6.20. The third-order valence-corrected chi connectivity index (χ3v) is 4.85. The Labute approximate surface area is 137 Å². The quantitative estimate of drug-likeness (QED) is 0.523. The van der Waals surface area contributed by atoms with E-state index in [4.69, 9.17) is 0 Å². The second kappa shape index (κ2) is 8.22. The summed E-state index contributed by atoms with van der Waals surface area (Å²) in [6, 6.07) is -0.507. The van der Waals surface area contributed by atoms with E-state index in [-0.39, 0.29) is 29.7 Å². The molecule has 2 atom stereocenters. The van der Waals surface area contributed by atoms with Gasteiger partial charge in [0.05, 0.1) is 12.1 Å². The number of hydrogen-bond acceptors (Lipinski definition) is 4. The van der Waals surface area contributed by atoms with Crippen LogP contribution in [0.15, 0.2) is 0 Å². The van der Waals surface area contributed by atoms with E-state index in [1.165, 1.54) is 6.92 Å². The summed E-state index contributed by atoms with van der Waals surface area (Å²) >= 11 is 0. The zero-order chi connectivity index (χ0) is 16.8. The monoisotopic (exact) mass is 322 g/mol. The lowest BCUT2D eigenvalue weighted by Gasteiger charge is -2.23. The molecule has 0 bridgehead atoms. The lowest BCUT2D eigenvalue weighted by molar-refractivity contribution is -0.137. The topological polar surface area (TPSA) is 74.8 Å². The molecule has 0 aliphatic carbocycles.